The molecule has 1 unspecified atom stereocenters. The molecular weight excluding hydrogens is 302 g/mol. The first-order chi connectivity index (χ1) is 10.2. The van der Waals surface area contributed by atoms with Crippen molar-refractivity contribution in [3.63, 3.8) is 0 Å². The lowest BCUT2D eigenvalue weighted by Gasteiger charge is -2.32. The largest absolute Gasteiger partial charge is 0.368 e. The molecule has 3 N–H and O–H groups in total. The summed E-state index contributed by atoms with van der Waals surface area (Å²) in [6, 6.07) is 9.69. The van der Waals surface area contributed by atoms with Gasteiger partial charge in [-0.1, -0.05) is 49.0 Å². The molecule has 0 fully saturated rings. The number of thiazole rings is 1. The first-order valence-corrected chi connectivity index (χ1v) is 8.68. The summed E-state index contributed by atoms with van der Waals surface area (Å²) in [6.07, 6.45) is 2.42. The Hall–Kier alpha value is -1.37. The Morgan fingerprint density at radius 1 is 1.43 bits per heavy atom. The van der Waals surface area contributed by atoms with Crippen molar-refractivity contribution in [2.45, 2.75) is 23.2 Å². The number of carbonyl (C=O) groups excluding carboxylic acids is 1. The zero-order valence-electron chi connectivity index (χ0n) is 11.9. The number of thioether (sulfide) groups is 1. The van der Waals surface area contributed by atoms with E-state index in [0.29, 0.717) is 13.0 Å². The topological polar surface area (TPSA) is 68.0 Å². The Kier molecular flexibility index (Phi) is 5.78. The quantitative estimate of drug-likeness (QED) is 0.733. The van der Waals surface area contributed by atoms with Crippen molar-refractivity contribution in [3.05, 3.63) is 47.5 Å². The van der Waals surface area contributed by atoms with Gasteiger partial charge >= 0.3 is 0 Å². The van der Waals surface area contributed by atoms with Crippen LogP contribution in [0.4, 0.5) is 0 Å². The summed E-state index contributed by atoms with van der Waals surface area (Å²) in [7, 11) is 0. The van der Waals surface area contributed by atoms with E-state index in [2.05, 4.69) is 10.3 Å². The van der Waals surface area contributed by atoms with Gasteiger partial charge in [-0.2, -0.15) is 0 Å². The lowest BCUT2D eigenvalue weighted by molar-refractivity contribution is -0.124. The molecule has 1 atom stereocenters. The molecule has 0 spiro atoms. The molecule has 112 valence electrons. The van der Waals surface area contributed by atoms with Gasteiger partial charge in [0.05, 0.1) is 0 Å². The van der Waals surface area contributed by atoms with E-state index in [9.17, 15) is 4.79 Å². The van der Waals surface area contributed by atoms with Gasteiger partial charge in [-0.3, -0.25) is 10.1 Å². The van der Waals surface area contributed by atoms with Gasteiger partial charge < -0.3 is 5.73 Å². The second-order valence-corrected chi connectivity index (χ2v) is 6.80. The van der Waals surface area contributed by atoms with Gasteiger partial charge in [-0.25, -0.2) is 4.98 Å². The van der Waals surface area contributed by atoms with Crippen LogP contribution < -0.4 is 11.1 Å². The number of nitrogens with one attached hydrogen (secondary N) is 1. The molecule has 0 saturated carbocycles. The van der Waals surface area contributed by atoms with Crippen LogP contribution in [0, 0.1) is 0 Å². The van der Waals surface area contributed by atoms with Crippen LogP contribution in [0.25, 0.3) is 0 Å². The molecule has 0 aliphatic heterocycles. The molecule has 4 nitrogen and oxygen atoms in total. The zero-order chi connectivity index (χ0) is 15.1. The number of aromatic nitrogens is 1. The molecule has 0 aliphatic carbocycles. The lowest BCUT2D eigenvalue weighted by atomic mass is 9.86. The molecule has 21 heavy (non-hydrogen) atoms. The van der Waals surface area contributed by atoms with Crippen molar-refractivity contribution in [3.8, 4) is 0 Å². The number of rotatable bonds is 8. The minimum atomic E-state index is -0.819. The highest BCUT2D eigenvalue weighted by Gasteiger charge is 2.37. The molecule has 1 amide bonds. The minimum Gasteiger partial charge on any atom is -0.368 e. The van der Waals surface area contributed by atoms with E-state index < -0.39 is 5.54 Å². The van der Waals surface area contributed by atoms with E-state index >= 15 is 0 Å². The number of hydrogen-bond donors (Lipinski definition) is 2. The Bertz CT molecular complexity index is 560. The summed E-state index contributed by atoms with van der Waals surface area (Å²) >= 11 is 3.26. The Balaban J connectivity index is 2.16. The molecule has 1 aromatic carbocycles. The average Bonchev–Trinajstić information content (AvgIpc) is 3.00. The molecule has 2 rings (SSSR count). The van der Waals surface area contributed by atoms with Gasteiger partial charge in [-0.15, -0.1) is 11.3 Å². The summed E-state index contributed by atoms with van der Waals surface area (Å²) < 4.78 is 1.01. The molecule has 0 saturated heterocycles. The van der Waals surface area contributed by atoms with Gasteiger partial charge in [-0.05, 0) is 18.5 Å². The predicted molar refractivity (Wildman–Crippen MR) is 88.4 cm³/mol. The first kappa shape index (κ1) is 16.0. The number of likely N-dealkylation sites (N-methyl/N-ethyl adjacent to an activating group) is 1. The van der Waals surface area contributed by atoms with Crippen LogP contribution in [0.5, 0.6) is 0 Å². The third kappa shape index (κ3) is 3.84. The van der Waals surface area contributed by atoms with Crippen LogP contribution in [-0.2, 0) is 10.3 Å². The summed E-state index contributed by atoms with van der Waals surface area (Å²) in [6.45, 7) is 2.66. The average molecular weight is 321 g/mol. The van der Waals surface area contributed by atoms with E-state index in [1.54, 1.807) is 29.3 Å². The number of hydrogen-bond acceptors (Lipinski definition) is 5. The highest BCUT2D eigenvalue weighted by molar-refractivity contribution is 8.00. The zero-order valence-corrected chi connectivity index (χ0v) is 13.5. The third-order valence-corrected chi connectivity index (χ3v) is 5.25. The summed E-state index contributed by atoms with van der Waals surface area (Å²) in [5, 5.41) is 5.24. The molecule has 0 aliphatic rings. The van der Waals surface area contributed by atoms with Crippen molar-refractivity contribution in [1.82, 2.24) is 10.3 Å². The van der Waals surface area contributed by atoms with E-state index in [4.69, 9.17) is 5.73 Å². The highest BCUT2D eigenvalue weighted by atomic mass is 32.2. The molecule has 1 aromatic heterocycles. The fourth-order valence-corrected chi connectivity index (χ4v) is 4.05. The van der Waals surface area contributed by atoms with Crippen LogP contribution >= 0.6 is 23.1 Å². The number of benzene rings is 1. The maximum atomic E-state index is 12.1. The molecule has 6 heteroatoms. The van der Waals surface area contributed by atoms with Crippen molar-refractivity contribution < 1.29 is 4.79 Å². The van der Waals surface area contributed by atoms with Crippen molar-refractivity contribution in [2.24, 2.45) is 5.73 Å². The summed E-state index contributed by atoms with van der Waals surface area (Å²) in [5.41, 5.74) is 5.82. The van der Waals surface area contributed by atoms with Gasteiger partial charge in [0, 0.05) is 17.3 Å². The minimum absolute atomic E-state index is 0.338. The Labute approximate surface area is 133 Å². The van der Waals surface area contributed by atoms with Gasteiger partial charge in [0.1, 0.15) is 9.88 Å². The van der Waals surface area contributed by atoms with Crippen molar-refractivity contribution in [2.75, 3.05) is 12.3 Å². The summed E-state index contributed by atoms with van der Waals surface area (Å²) in [5.74, 6) is 0.438. The van der Waals surface area contributed by atoms with Gasteiger partial charge in [0.15, 0.2) is 0 Å². The third-order valence-electron chi connectivity index (χ3n) is 3.28. The summed E-state index contributed by atoms with van der Waals surface area (Å²) in [4.78, 5) is 16.4. The molecular formula is C15H19N3OS2. The second-order valence-electron chi connectivity index (χ2n) is 4.56. The van der Waals surface area contributed by atoms with E-state index in [1.165, 1.54) is 0 Å². The van der Waals surface area contributed by atoms with Gasteiger partial charge in [0.25, 0.3) is 0 Å². The highest BCUT2D eigenvalue weighted by Crippen LogP contribution is 2.29. The van der Waals surface area contributed by atoms with Crippen molar-refractivity contribution >= 4 is 29.0 Å². The van der Waals surface area contributed by atoms with Crippen LogP contribution in [0.1, 0.15) is 18.9 Å². The molecule has 2 aromatic rings. The fourth-order valence-electron chi connectivity index (χ4n) is 2.28. The molecule has 0 bridgehead atoms. The monoisotopic (exact) mass is 321 g/mol. The molecule has 0 radical (unpaired) electrons. The number of primary amides is 1. The van der Waals surface area contributed by atoms with Crippen LogP contribution in [0.15, 0.2) is 46.2 Å². The second kappa shape index (κ2) is 7.59. The predicted octanol–water partition coefficient (Wildman–Crippen LogP) is 2.62. The van der Waals surface area contributed by atoms with Gasteiger partial charge in [0.2, 0.25) is 5.91 Å². The smallest absolute Gasteiger partial charge is 0.242 e. The number of nitrogens with zero attached hydrogens (tertiary/aromatic N) is 1. The lowest BCUT2D eigenvalue weighted by Crippen LogP contribution is -2.53. The Morgan fingerprint density at radius 2 is 2.19 bits per heavy atom. The van der Waals surface area contributed by atoms with E-state index in [-0.39, 0.29) is 5.91 Å². The normalized spacial score (nSPS) is 13.8. The standard InChI is InChI=1S/C15H19N3OS2/c1-2-18-15(13(16)19,12-6-4-3-5-7-12)8-10-20-14-17-9-11-21-14/h3-7,9,11,18H,2,8,10H2,1H3,(H2,16,19). The molecule has 1 heterocycles. The van der Waals surface area contributed by atoms with Crippen LogP contribution in [-0.4, -0.2) is 23.2 Å². The van der Waals surface area contributed by atoms with E-state index in [1.807, 2.05) is 42.6 Å². The maximum absolute atomic E-state index is 12.1. The van der Waals surface area contributed by atoms with Crippen LogP contribution in [0.3, 0.4) is 0 Å². The first-order valence-electron chi connectivity index (χ1n) is 6.82. The van der Waals surface area contributed by atoms with Crippen LogP contribution in [0.2, 0.25) is 0 Å². The fraction of sp³-hybridized carbons (Fsp3) is 0.333. The van der Waals surface area contributed by atoms with E-state index in [0.717, 1.165) is 15.7 Å². The SMILES string of the molecule is CCNC(CCSc1nccs1)(C(N)=O)c1ccccc1. The number of nitrogens with two attached hydrogens (primary N) is 1. The Morgan fingerprint density at radius 3 is 2.76 bits per heavy atom. The number of carbonyl (C=O) groups is 1. The number of amides is 1. The maximum Gasteiger partial charge on any atom is 0.242 e. The van der Waals surface area contributed by atoms with Crippen molar-refractivity contribution in [1.29, 1.82) is 0 Å².